The lowest BCUT2D eigenvalue weighted by atomic mass is 9.73. The van der Waals surface area contributed by atoms with Crippen LogP contribution in [0.3, 0.4) is 0 Å². The van der Waals surface area contributed by atoms with Gasteiger partial charge in [0.15, 0.2) is 0 Å². The number of benzene rings is 2. The third-order valence-corrected chi connectivity index (χ3v) is 5.12. The van der Waals surface area contributed by atoms with E-state index in [1.807, 2.05) is 0 Å². The maximum absolute atomic E-state index is 6.71. The summed E-state index contributed by atoms with van der Waals surface area (Å²) in [4.78, 5) is 0. The molecule has 100 valence electrons. The smallest absolute Gasteiger partial charge is 0.0358 e. The van der Waals surface area contributed by atoms with E-state index in [-0.39, 0.29) is 6.04 Å². The van der Waals surface area contributed by atoms with Crippen LogP contribution in [-0.4, -0.2) is 0 Å². The second-order valence-corrected chi connectivity index (χ2v) is 5.97. The predicted octanol–water partition coefficient (Wildman–Crippen LogP) is 4.81. The van der Waals surface area contributed by atoms with E-state index in [0.29, 0.717) is 5.41 Å². The molecule has 3 rings (SSSR count). The van der Waals surface area contributed by atoms with Gasteiger partial charge in [0.05, 0.1) is 0 Å². The normalized spacial score (nSPS) is 19.7. The van der Waals surface area contributed by atoms with E-state index in [9.17, 15) is 0 Å². The highest BCUT2D eigenvalue weighted by Crippen LogP contribution is 2.49. The molecule has 0 bridgehead atoms. The number of rotatable bonds is 3. The second-order valence-electron chi connectivity index (χ2n) is 5.97. The van der Waals surface area contributed by atoms with Crippen LogP contribution < -0.4 is 5.73 Å². The van der Waals surface area contributed by atoms with E-state index in [1.54, 1.807) is 0 Å². The van der Waals surface area contributed by atoms with Crippen LogP contribution in [0.15, 0.2) is 42.5 Å². The van der Waals surface area contributed by atoms with Gasteiger partial charge >= 0.3 is 0 Å². The Bertz CT molecular complexity index is 561. The fourth-order valence-corrected chi connectivity index (χ4v) is 3.82. The van der Waals surface area contributed by atoms with Crippen LogP contribution in [0.25, 0.3) is 10.8 Å². The summed E-state index contributed by atoms with van der Waals surface area (Å²) in [6.45, 7) is 2.30. The molecular weight excluding hydrogens is 230 g/mol. The Hall–Kier alpha value is -1.34. The van der Waals surface area contributed by atoms with E-state index >= 15 is 0 Å². The summed E-state index contributed by atoms with van der Waals surface area (Å²) in [6.07, 6.45) is 6.44. The third-order valence-electron chi connectivity index (χ3n) is 5.12. The van der Waals surface area contributed by atoms with E-state index < -0.39 is 0 Å². The molecular formula is C18H23N. The molecule has 0 radical (unpaired) electrons. The lowest BCUT2D eigenvalue weighted by molar-refractivity contribution is 0.223. The number of fused-ring (bicyclic) bond motifs is 1. The minimum atomic E-state index is 0.172. The topological polar surface area (TPSA) is 26.0 Å². The molecule has 1 unspecified atom stereocenters. The maximum atomic E-state index is 6.71. The van der Waals surface area contributed by atoms with Gasteiger partial charge in [-0.2, -0.15) is 0 Å². The Morgan fingerprint density at radius 1 is 1.05 bits per heavy atom. The highest BCUT2D eigenvalue weighted by Gasteiger charge is 2.38. The molecule has 1 fully saturated rings. The molecule has 1 heteroatoms. The van der Waals surface area contributed by atoms with Crippen molar-refractivity contribution in [2.75, 3.05) is 0 Å². The van der Waals surface area contributed by atoms with E-state index in [1.165, 1.54) is 48.4 Å². The Kier molecular flexibility index (Phi) is 3.32. The largest absolute Gasteiger partial charge is 0.323 e. The lowest BCUT2D eigenvalue weighted by Crippen LogP contribution is -2.31. The van der Waals surface area contributed by atoms with Gasteiger partial charge in [-0.25, -0.2) is 0 Å². The van der Waals surface area contributed by atoms with Crippen molar-refractivity contribution in [3.8, 4) is 0 Å². The molecule has 0 saturated heterocycles. The van der Waals surface area contributed by atoms with Gasteiger partial charge < -0.3 is 5.73 Å². The van der Waals surface area contributed by atoms with Crippen molar-refractivity contribution in [2.45, 2.75) is 45.1 Å². The molecule has 0 amide bonds. The molecule has 1 nitrogen and oxygen atoms in total. The molecule has 0 heterocycles. The minimum Gasteiger partial charge on any atom is -0.323 e. The van der Waals surface area contributed by atoms with E-state index in [4.69, 9.17) is 5.73 Å². The number of hydrogen-bond acceptors (Lipinski definition) is 1. The molecule has 1 saturated carbocycles. The van der Waals surface area contributed by atoms with Crippen molar-refractivity contribution in [1.82, 2.24) is 0 Å². The summed E-state index contributed by atoms with van der Waals surface area (Å²) < 4.78 is 0. The summed E-state index contributed by atoms with van der Waals surface area (Å²) in [6, 6.07) is 15.3. The van der Waals surface area contributed by atoms with Crippen LogP contribution in [0.1, 0.15) is 50.6 Å². The summed E-state index contributed by atoms with van der Waals surface area (Å²) in [7, 11) is 0. The Labute approximate surface area is 115 Å². The molecule has 1 aliphatic rings. The van der Waals surface area contributed by atoms with Gasteiger partial charge in [-0.05, 0) is 41.0 Å². The number of nitrogens with two attached hydrogens (primary N) is 1. The van der Waals surface area contributed by atoms with Crippen LogP contribution in [0.4, 0.5) is 0 Å². The van der Waals surface area contributed by atoms with Crippen LogP contribution in [0.2, 0.25) is 0 Å². The van der Waals surface area contributed by atoms with Gasteiger partial charge in [0.2, 0.25) is 0 Å². The molecule has 0 aliphatic heterocycles. The quantitative estimate of drug-likeness (QED) is 0.834. The van der Waals surface area contributed by atoms with Crippen molar-refractivity contribution in [2.24, 2.45) is 11.1 Å². The standard InChI is InChI=1S/C18H23N/c1-2-18(12-5-6-13-18)17(19)16-11-7-9-14-8-3-4-10-15(14)16/h3-4,7-11,17H,2,5-6,12-13,19H2,1H3. The average molecular weight is 253 g/mol. The summed E-state index contributed by atoms with van der Waals surface area (Å²) in [5, 5.41) is 2.64. The first kappa shape index (κ1) is 12.7. The lowest BCUT2D eigenvalue weighted by Gasteiger charge is -2.35. The van der Waals surface area contributed by atoms with Crippen LogP contribution >= 0.6 is 0 Å². The highest BCUT2D eigenvalue weighted by atomic mass is 14.7. The number of hydrogen-bond donors (Lipinski definition) is 1. The zero-order chi connectivity index (χ0) is 13.3. The van der Waals surface area contributed by atoms with Crippen LogP contribution in [0, 0.1) is 5.41 Å². The predicted molar refractivity (Wildman–Crippen MR) is 82.1 cm³/mol. The van der Waals surface area contributed by atoms with Crippen molar-refractivity contribution >= 4 is 10.8 Å². The van der Waals surface area contributed by atoms with Gasteiger partial charge in [-0.3, -0.25) is 0 Å². The van der Waals surface area contributed by atoms with Gasteiger partial charge in [0, 0.05) is 6.04 Å². The van der Waals surface area contributed by atoms with Crippen LogP contribution in [0.5, 0.6) is 0 Å². The molecule has 1 atom stereocenters. The molecule has 2 aromatic rings. The molecule has 0 spiro atoms. The van der Waals surface area contributed by atoms with E-state index in [0.717, 1.165) is 0 Å². The highest BCUT2D eigenvalue weighted by molar-refractivity contribution is 5.86. The second kappa shape index (κ2) is 4.97. The SMILES string of the molecule is CCC1(C(N)c2cccc3ccccc23)CCCC1. The first-order valence-corrected chi connectivity index (χ1v) is 7.50. The monoisotopic (exact) mass is 253 g/mol. The summed E-state index contributed by atoms with van der Waals surface area (Å²) >= 11 is 0. The van der Waals surface area contributed by atoms with Crippen molar-refractivity contribution in [3.63, 3.8) is 0 Å². The Morgan fingerprint density at radius 3 is 2.47 bits per heavy atom. The van der Waals surface area contributed by atoms with Gasteiger partial charge in [-0.1, -0.05) is 62.2 Å². The van der Waals surface area contributed by atoms with Crippen molar-refractivity contribution in [1.29, 1.82) is 0 Å². The van der Waals surface area contributed by atoms with Crippen molar-refractivity contribution < 1.29 is 0 Å². The fraction of sp³-hybridized carbons (Fsp3) is 0.444. The van der Waals surface area contributed by atoms with Crippen molar-refractivity contribution in [3.05, 3.63) is 48.0 Å². The Balaban J connectivity index is 2.08. The van der Waals surface area contributed by atoms with E-state index in [2.05, 4.69) is 49.4 Å². The van der Waals surface area contributed by atoms with Gasteiger partial charge in [0.25, 0.3) is 0 Å². The summed E-state index contributed by atoms with van der Waals surface area (Å²) in [5.41, 5.74) is 8.37. The molecule has 2 aromatic carbocycles. The molecule has 2 N–H and O–H groups in total. The maximum Gasteiger partial charge on any atom is 0.0358 e. The Morgan fingerprint density at radius 2 is 1.74 bits per heavy atom. The first-order chi connectivity index (χ1) is 9.27. The average Bonchev–Trinajstić information content (AvgIpc) is 2.96. The fourth-order valence-electron chi connectivity index (χ4n) is 3.82. The van der Waals surface area contributed by atoms with Gasteiger partial charge in [0.1, 0.15) is 0 Å². The zero-order valence-corrected chi connectivity index (χ0v) is 11.7. The first-order valence-electron chi connectivity index (χ1n) is 7.50. The zero-order valence-electron chi connectivity index (χ0n) is 11.7. The van der Waals surface area contributed by atoms with Crippen LogP contribution in [-0.2, 0) is 0 Å². The van der Waals surface area contributed by atoms with Gasteiger partial charge in [-0.15, -0.1) is 0 Å². The third kappa shape index (κ3) is 2.06. The summed E-state index contributed by atoms with van der Waals surface area (Å²) in [5.74, 6) is 0. The minimum absolute atomic E-state index is 0.172. The molecule has 1 aliphatic carbocycles. The molecule has 0 aromatic heterocycles. The molecule has 19 heavy (non-hydrogen) atoms.